The molecule has 134 valence electrons. The molecule has 0 bridgehead atoms. The van der Waals surface area contributed by atoms with Crippen molar-refractivity contribution in [3.63, 3.8) is 0 Å². The maximum absolute atomic E-state index is 11.8. The van der Waals surface area contributed by atoms with Crippen LogP contribution in [0, 0.1) is 6.92 Å². The van der Waals surface area contributed by atoms with Crippen molar-refractivity contribution >= 4 is 11.7 Å². The fourth-order valence-electron chi connectivity index (χ4n) is 2.17. The summed E-state index contributed by atoms with van der Waals surface area (Å²) >= 11 is 0. The summed E-state index contributed by atoms with van der Waals surface area (Å²) in [6.07, 6.45) is 3.28. The van der Waals surface area contributed by atoms with Gasteiger partial charge in [0.25, 0.3) is 5.56 Å². The third kappa shape index (κ3) is 4.50. The predicted molar refractivity (Wildman–Crippen MR) is 93.9 cm³/mol. The van der Waals surface area contributed by atoms with Crippen molar-refractivity contribution in [3.8, 4) is 5.82 Å². The highest BCUT2D eigenvalue weighted by Crippen LogP contribution is 2.06. The largest absolute Gasteiger partial charge is 0.367 e. The molecule has 2 N–H and O–H groups in total. The van der Waals surface area contributed by atoms with Crippen LogP contribution in [0.5, 0.6) is 0 Å². The van der Waals surface area contributed by atoms with Gasteiger partial charge in [0.15, 0.2) is 5.82 Å². The van der Waals surface area contributed by atoms with Crippen LogP contribution in [-0.2, 0) is 11.3 Å². The SMILES string of the molecule is Cc1ccn(-c2ccc(NCCNC(=O)Cn3ncccc3=O)nn2)n1. The summed E-state index contributed by atoms with van der Waals surface area (Å²) in [6.45, 7) is 2.63. The van der Waals surface area contributed by atoms with Crippen LogP contribution in [0.4, 0.5) is 5.82 Å². The summed E-state index contributed by atoms with van der Waals surface area (Å²) in [6, 6.07) is 8.35. The minimum Gasteiger partial charge on any atom is -0.367 e. The predicted octanol–water partition coefficient (Wildman–Crippen LogP) is -0.244. The number of aryl methyl sites for hydroxylation is 1. The quantitative estimate of drug-likeness (QED) is 0.562. The van der Waals surface area contributed by atoms with Gasteiger partial charge in [-0.3, -0.25) is 9.59 Å². The molecule has 3 rings (SSSR count). The van der Waals surface area contributed by atoms with Gasteiger partial charge in [0, 0.05) is 31.5 Å². The number of nitrogens with one attached hydrogen (secondary N) is 2. The van der Waals surface area contributed by atoms with Gasteiger partial charge < -0.3 is 10.6 Å². The van der Waals surface area contributed by atoms with Gasteiger partial charge in [-0.05, 0) is 31.2 Å². The van der Waals surface area contributed by atoms with Crippen LogP contribution in [-0.4, -0.2) is 48.8 Å². The maximum Gasteiger partial charge on any atom is 0.267 e. The topological polar surface area (TPSA) is 120 Å². The molecule has 3 aromatic heterocycles. The number of rotatable bonds is 7. The summed E-state index contributed by atoms with van der Waals surface area (Å²) in [7, 11) is 0. The first-order valence-electron chi connectivity index (χ1n) is 8.01. The van der Waals surface area contributed by atoms with Crippen molar-refractivity contribution in [2.24, 2.45) is 0 Å². The number of amides is 1. The molecule has 10 heteroatoms. The van der Waals surface area contributed by atoms with E-state index in [0.29, 0.717) is 24.7 Å². The lowest BCUT2D eigenvalue weighted by Gasteiger charge is -2.08. The van der Waals surface area contributed by atoms with Crippen molar-refractivity contribution in [1.82, 2.24) is 35.1 Å². The highest BCUT2D eigenvalue weighted by Gasteiger charge is 2.05. The van der Waals surface area contributed by atoms with Crippen LogP contribution in [0.1, 0.15) is 5.69 Å². The molecule has 0 unspecified atom stereocenters. The lowest BCUT2D eigenvalue weighted by molar-refractivity contribution is -0.121. The Morgan fingerprint density at radius 3 is 2.73 bits per heavy atom. The molecule has 0 spiro atoms. The van der Waals surface area contributed by atoms with E-state index in [0.717, 1.165) is 10.4 Å². The average Bonchev–Trinajstić information content (AvgIpc) is 3.08. The molecular formula is C16H18N8O2. The van der Waals surface area contributed by atoms with Gasteiger partial charge in [-0.2, -0.15) is 10.2 Å². The number of carbonyl (C=O) groups is 1. The molecule has 0 saturated carbocycles. The van der Waals surface area contributed by atoms with Gasteiger partial charge in [-0.15, -0.1) is 10.2 Å². The summed E-state index contributed by atoms with van der Waals surface area (Å²) in [5.74, 6) is 0.925. The van der Waals surface area contributed by atoms with Gasteiger partial charge in [0.05, 0.1) is 5.69 Å². The fraction of sp³-hybridized carbons (Fsp3) is 0.250. The molecule has 0 radical (unpaired) electrons. The molecule has 0 fully saturated rings. The molecule has 0 aromatic carbocycles. The Kier molecular flexibility index (Phi) is 5.32. The highest BCUT2D eigenvalue weighted by molar-refractivity contribution is 5.75. The van der Waals surface area contributed by atoms with Gasteiger partial charge in [-0.25, -0.2) is 9.36 Å². The monoisotopic (exact) mass is 354 g/mol. The number of aromatic nitrogens is 6. The van der Waals surface area contributed by atoms with E-state index in [9.17, 15) is 9.59 Å². The zero-order chi connectivity index (χ0) is 18.4. The van der Waals surface area contributed by atoms with Crippen molar-refractivity contribution in [2.75, 3.05) is 18.4 Å². The summed E-state index contributed by atoms with van der Waals surface area (Å²) in [5, 5.41) is 22.0. The Morgan fingerprint density at radius 1 is 1.15 bits per heavy atom. The zero-order valence-electron chi connectivity index (χ0n) is 14.2. The van der Waals surface area contributed by atoms with Gasteiger partial charge in [-0.1, -0.05) is 0 Å². The lowest BCUT2D eigenvalue weighted by atomic mass is 10.4. The highest BCUT2D eigenvalue weighted by atomic mass is 16.2. The number of anilines is 1. The van der Waals surface area contributed by atoms with E-state index in [4.69, 9.17) is 0 Å². The Labute approximate surface area is 148 Å². The summed E-state index contributed by atoms with van der Waals surface area (Å²) < 4.78 is 2.75. The van der Waals surface area contributed by atoms with Crippen LogP contribution in [0.25, 0.3) is 5.82 Å². The molecule has 3 aromatic rings. The van der Waals surface area contributed by atoms with Crippen LogP contribution in [0.3, 0.4) is 0 Å². The fourth-order valence-corrected chi connectivity index (χ4v) is 2.17. The third-order valence-electron chi connectivity index (χ3n) is 3.44. The van der Waals surface area contributed by atoms with E-state index < -0.39 is 0 Å². The van der Waals surface area contributed by atoms with E-state index >= 15 is 0 Å². The molecule has 0 aliphatic heterocycles. The Balaban J connectivity index is 1.43. The summed E-state index contributed by atoms with van der Waals surface area (Å²) in [4.78, 5) is 23.3. The van der Waals surface area contributed by atoms with Gasteiger partial charge >= 0.3 is 0 Å². The molecular weight excluding hydrogens is 336 g/mol. The van der Waals surface area contributed by atoms with Gasteiger partial charge in [0.2, 0.25) is 5.91 Å². The Bertz CT molecular complexity index is 932. The normalized spacial score (nSPS) is 10.5. The molecule has 0 saturated heterocycles. The van der Waals surface area contributed by atoms with Crippen molar-refractivity contribution in [2.45, 2.75) is 13.5 Å². The number of carbonyl (C=O) groups excluding carboxylic acids is 1. The molecule has 26 heavy (non-hydrogen) atoms. The summed E-state index contributed by atoms with van der Waals surface area (Å²) in [5.41, 5.74) is 0.584. The number of hydrogen-bond acceptors (Lipinski definition) is 7. The van der Waals surface area contributed by atoms with E-state index in [1.165, 1.54) is 18.3 Å². The average molecular weight is 354 g/mol. The second-order valence-electron chi connectivity index (χ2n) is 5.47. The second kappa shape index (κ2) is 8.01. The minimum atomic E-state index is -0.316. The Morgan fingerprint density at radius 2 is 2.04 bits per heavy atom. The van der Waals surface area contributed by atoms with Crippen molar-refractivity contribution in [1.29, 1.82) is 0 Å². The zero-order valence-corrected chi connectivity index (χ0v) is 14.2. The van der Waals surface area contributed by atoms with Crippen LogP contribution in [0.2, 0.25) is 0 Å². The van der Waals surface area contributed by atoms with E-state index in [-0.39, 0.29) is 18.0 Å². The first kappa shape index (κ1) is 17.3. The van der Waals surface area contributed by atoms with Crippen LogP contribution in [0.15, 0.2) is 47.5 Å². The van der Waals surface area contributed by atoms with Crippen molar-refractivity contribution < 1.29 is 4.79 Å². The molecule has 0 aliphatic rings. The number of hydrogen-bond donors (Lipinski definition) is 2. The first-order valence-corrected chi connectivity index (χ1v) is 8.01. The Hall–Kier alpha value is -3.56. The molecule has 0 aliphatic carbocycles. The number of nitrogens with zero attached hydrogens (tertiary/aromatic N) is 6. The molecule has 10 nitrogen and oxygen atoms in total. The van der Waals surface area contributed by atoms with Gasteiger partial charge in [0.1, 0.15) is 12.4 Å². The van der Waals surface area contributed by atoms with E-state index in [1.807, 2.05) is 19.2 Å². The molecule has 1 amide bonds. The van der Waals surface area contributed by atoms with E-state index in [1.54, 1.807) is 16.8 Å². The van der Waals surface area contributed by atoms with Crippen molar-refractivity contribution in [3.05, 3.63) is 58.8 Å². The molecule has 0 atom stereocenters. The maximum atomic E-state index is 11.8. The minimum absolute atomic E-state index is 0.114. The second-order valence-corrected chi connectivity index (χ2v) is 5.47. The van der Waals surface area contributed by atoms with E-state index in [2.05, 4.69) is 31.0 Å². The lowest BCUT2D eigenvalue weighted by Crippen LogP contribution is -2.35. The molecule has 3 heterocycles. The van der Waals surface area contributed by atoms with Crippen LogP contribution < -0.4 is 16.2 Å². The standard InChI is InChI=1S/C16H18N8O2/c1-12-6-10-23(22-12)14-5-4-13(20-21-14)17-8-9-18-15(25)11-24-16(26)3-2-7-19-24/h2-7,10H,8-9,11H2,1H3,(H,17,20)(H,18,25). The first-order chi connectivity index (χ1) is 12.6. The van der Waals surface area contributed by atoms with Crippen LogP contribution >= 0.6 is 0 Å². The smallest absolute Gasteiger partial charge is 0.267 e. The third-order valence-corrected chi connectivity index (χ3v) is 3.44.